The summed E-state index contributed by atoms with van der Waals surface area (Å²) in [5, 5.41) is 28.0. The van der Waals surface area contributed by atoms with E-state index in [-0.39, 0.29) is 6.42 Å². The van der Waals surface area contributed by atoms with E-state index in [1.54, 1.807) is 0 Å². The van der Waals surface area contributed by atoms with Crippen LogP contribution in [0.15, 0.2) is 36.5 Å². The van der Waals surface area contributed by atoms with Gasteiger partial charge in [0.25, 0.3) is 0 Å². The fourth-order valence-corrected chi connectivity index (χ4v) is 2.22. The molecule has 0 spiro atoms. The molecule has 138 valence electrons. The highest BCUT2D eigenvalue weighted by atomic mass is 16.4. The Kier molecular flexibility index (Phi) is 15.5. The smallest absolute Gasteiger partial charge is 0.303 e. The Labute approximate surface area is 146 Å². The molecule has 0 fully saturated rings. The lowest BCUT2D eigenvalue weighted by atomic mass is 10.0. The van der Waals surface area contributed by atoms with Crippen molar-refractivity contribution in [2.24, 2.45) is 0 Å². The number of unbranched alkanes of at least 4 members (excludes halogenated alkanes) is 3. The molecule has 0 aromatic carbocycles. The molecule has 0 saturated carbocycles. The van der Waals surface area contributed by atoms with Crippen LogP contribution in [0.1, 0.15) is 71.1 Å². The third kappa shape index (κ3) is 15.5. The first kappa shape index (κ1) is 22.6. The van der Waals surface area contributed by atoms with E-state index in [0.29, 0.717) is 19.3 Å². The quantitative estimate of drug-likeness (QED) is 0.306. The second-order valence-electron chi connectivity index (χ2n) is 6.04. The number of carboxylic acids is 1. The maximum Gasteiger partial charge on any atom is 0.303 e. The van der Waals surface area contributed by atoms with Crippen LogP contribution in [0, 0.1) is 0 Å². The van der Waals surface area contributed by atoms with E-state index < -0.39 is 18.2 Å². The molecule has 0 rings (SSSR count). The standard InChI is InChI=1S/C20H34O4/c1-2-3-4-5-6-7-8-9-10-11-12-13-15-18(21)19(22)16-14-17-20(23)24/h6-7,9-10,12-13,18-19,21-22H,2-5,8,11,14-17H2,1H3,(H,23,24)/b7-6+,10-9+,13-12+. The highest BCUT2D eigenvalue weighted by molar-refractivity contribution is 5.66. The Balaban J connectivity index is 3.65. The highest BCUT2D eigenvalue weighted by Crippen LogP contribution is 2.09. The molecule has 0 saturated heterocycles. The maximum atomic E-state index is 10.4. The van der Waals surface area contributed by atoms with Gasteiger partial charge in [0.1, 0.15) is 0 Å². The van der Waals surface area contributed by atoms with E-state index >= 15 is 0 Å². The summed E-state index contributed by atoms with van der Waals surface area (Å²) >= 11 is 0. The molecule has 4 nitrogen and oxygen atoms in total. The Morgan fingerprint density at radius 1 is 0.875 bits per heavy atom. The molecule has 24 heavy (non-hydrogen) atoms. The lowest BCUT2D eigenvalue weighted by Crippen LogP contribution is -2.25. The minimum absolute atomic E-state index is 0.0253. The van der Waals surface area contributed by atoms with Gasteiger partial charge in [0.2, 0.25) is 0 Å². The Morgan fingerprint density at radius 3 is 2.12 bits per heavy atom. The monoisotopic (exact) mass is 338 g/mol. The van der Waals surface area contributed by atoms with Crippen LogP contribution in [0.3, 0.4) is 0 Å². The predicted octanol–water partition coefficient (Wildman–Crippen LogP) is 4.38. The third-order valence-corrected chi connectivity index (χ3v) is 3.73. The molecule has 0 aromatic heterocycles. The van der Waals surface area contributed by atoms with Crippen LogP contribution >= 0.6 is 0 Å². The van der Waals surface area contributed by atoms with Gasteiger partial charge < -0.3 is 15.3 Å². The van der Waals surface area contributed by atoms with Crippen molar-refractivity contribution in [3.63, 3.8) is 0 Å². The molecular formula is C20H34O4. The number of carboxylic acid groups (broad SMARTS) is 1. The van der Waals surface area contributed by atoms with Gasteiger partial charge in [0.15, 0.2) is 0 Å². The fourth-order valence-electron chi connectivity index (χ4n) is 2.22. The first-order valence-electron chi connectivity index (χ1n) is 9.10. The normalized spacial score (nSPS) is 14.8. The second kappa shape index (κ2) is 16.5. The summed E-state index contributed by atoms with van der Waals surface area (Å²) in [7, 11) is 0. The van der Waals surface area contributed by atoms with Gasteiger partial charge in [-0.15, -0.1) is 0 Å². The zero-order valence-corrected chi connectivity index (χ0v) is 14.9. The van der Waals surface area contributed by atoms with Gasteiger partial charge in [0, 0.05) is 6.42 Å². The van der Waals surface area contributed by atoms with Crippen LogP contribution in [-0.2, 0) is 4.79 Å². The summed E-state index contributed by atoms with van der Waals surface area (Å²) < 4.78 is 0. The molecule has 0 bridgehead atoms. The highest BCUT2D eigenvalue weighted by Gasteiger charge is 2.14. The van der Waals surface area contributed by atoms with E-state index in [9.17, 15) is 15.0 Å². The summed E-state index contributed by atoms with van der Waals surface area (Å²) in [6, 6.07) is 0. The molecule has 4 heteroatoms. The van der Waals surface area contributed by atoms with Gasteiger partial charge in [-0.05, 0) is 44.9 Å². The van der Waals surface area contributed by atoms with Crippen LogP contribution in [0.5, 0.6) is 0 Å². The Bertz CT molecular complexity index is 385. The minimum atomic E-state index is -0.876. The van der Waals surface area contributed by atoms with Gasteiger partial charge in [-0.1, -0.05) is 56.2 Å². The first-order chi connectivity index (χ1) is 11.6. The number of aliphatic carboxylic acids is 1. The number of allylic oxidation sites excluding steroid dienone is 5. The number of aliphatic hydroxyl groups excluding tert-OH is 2. The fraction of sp³-hybridized carbons (Fsp3) is 0.650. The molecule has 0 aliphatic carbocycles. The van der Waals surface area contributed by atoms with Crippen molar-refractivity contribution < 1.29 is 20.1 Å². The van der Waals surface area contributed by atoms with Crippen LogP contribution < -0.4 is 0 Å². The summed E-state index contributed by atoms with van der Waals surface area (Å²) in [5.74, 6) is -0.876. The predicted molar refractivity (Wildman–Crippen MR) is 98.9 cm³/mol. The average molecular weight is 338 g/mol. The maximum absolute atomic E-state index is 10.4. The first-order valence-corrected chi connectivity index (χ1v) is 9.10. The summed E-state index contributed by atoms with van der Waals surface area (Å²) in [6.07, 6.45) is 18.6. The van der Waals surface area contributed by atoms with Crippen LogP contribution in [0.2, 0.25) is 0 Å². The van der Waals surface area contributed by atoms with Crippen molar-refractivity contribution in [1.82, 2.24) is 0 Å². The lowest BCUT2D eigenvalue weighted by molar-refractivity contribution is -0.137. The summed E-state index contributed by atoms with van der Waals surface area (Å²) in [5.41, 5.74) is 0. The number of hydrogen-bond donors (Lipinski definition) is 3. The summed E-state index contributed by atoms with van der Waals surface area (Å²) in [4.78, 5) is 10.4. The van der Waals surface area contributed by atoms with Crippen LogP contribution in [0.25, 0.3) is 0 Å². The van der Waals surface area contributed by atoms with Crippen molar-refractivity contribution in [3.8, 4) is 0 Å². The molecule has 0 aromatic rings. The molecule has 2 unspecified atom stereocenters. The van der Waals surface area contributed by atoms with Gasteiger partial charge in [-0.25, -0.2) is 0 Å². The molecule has 3 N–H and O–H groups in total. The van der Waals surface area contributed by atoms with Gasteiger partial charge in [0.05, 0.1) is 12.2 Å². The van der Waals surface area contributed by atoms with Crippen LogP contribution in [-0.4, -0.2) is 33.5 Å². The van der Waals surface area contributed by atoms with E-state index in [0.717, 1.165) is 19.3 Å². The Morgan fingerprint density at radius 2 is 1.50 bits per heavy atom. The lowest BCUT2D eigenvalue weighted by Gasteiger charge is -2.15. The zero-order valence-electron chi connectivity index (χ0n) is 14.9. The van der Waals surface area contributed by atoms with E-state index in [4.69, 9.17) is 5.11 Å². The van der Waals surface area contributed by atoms with Crippen molar-refractivity contribution in [1.29, 1.82) is 0 Å². The number of rotatable bonds is 15. The van der Waals surface area contributed by atoms with E-state index in [1.165, 1.54) is 19.3 Å². The molecule has 2 atom stereocenters. The SMILES string of the molecule is CCCCC/C=C/C/C=C/C/C=C/CC(O)C(O)CCCC(=O)O. The van der Waals surface area contributed by atoms with E-state index in [2.05, 4.69) is 31.2 Å². The largest absolute Gasteiger partial charge is 0.481 e. The molecule has 0 aliphatic heterocycles. The number of hydrogen-bond acceptors (Lipinski definition) is 3. The van der Waals surface area contributed by atoms with Gasteiger partial charge in [-0.3, -0.25) is 4.79 Å². The topological polar surface area (TPSA) is 77.8 Å². The van der Waals surface area contributed by atoms with Gasteiger partial charge in [-0.2, -0.15) is 0 Å². The molecular weight excluding hydrogens is 304 g/mol. The zero-order chi connectivity index (χ0) is 18.0. The molecule has 0 heterocycles. The third-order valence-electron chi connectivity index (χ3n) is 3.73. The number of aliphatic hydroxyl groups is 2. The Hall–Kier alpha value is -1.39. The van der Waals surface area contributed by atoms with Gasteiger partial charge >= 0.3 is 5.97 Å². The van der Waals surface area contributed by atoms with E-state index in [1.807, 2.05) is 12.2 Å². The minimum Gasteiger partial charge on any atom is -0.481 e. The molecule has 0 amide bonds. The summed E-state index contributed by atoms with van der Waals surface area (Å²) in [6.45, 7) is 2.21. The second-order valence-corrected chi connectivity index (χ2v) is 6.04. The molecule has 0 aliphatic rings. The van der Waals surface area contributed by atoms with Crippen molar-refractivity contribution in [2.75, 3.05) is 0 Å². The van der Waals surface area contributed by atoms with Crippen molar-refractivity contribution >= 4 is 5.97 Å². The number of carbonyl (C=O) groups is 1. The average Bonchev–Trinajstić information content (AvgIpc) is 2.55. The van der Waals surface area contributed by atoms with Crippen LogP contribution in [0.4, 0.5) is 0 Å². The van der Waals surface area contributed by atoms with Crippen molar-refractivity contribution in [3.05, 3.63) is 36.5 Å². The molecule has 0 radical (unpaired) electrons. The van der Waals surface area contributed by atoms with Crippen molar-refractivity contribution in [2.45, 2.75) is 83.3 Å².